The second-order valence-electron chi connectivity index (χ2n) is 6.28. The van der Waals surface area contributed by atoms with Gasteiger partial charge in [-0.15, -0.1) is 0 Å². The van der Waals surface area contributed by atoms with E-state index in [0.29, 0.717) is 0 Å². The highest BCUT2D eigenvalue weighted by Gasteiger charge is 2.17. The number of ether oxygens (including phenoxy) is 1. The molecular weight excluding hydrogens is 328 g/mol. The number of carboxylic acid groups (broad SMARTS) is 1. The number of rotatable bonds is 6. The van der Waals surface area contributed by atoms with E-state index in [1.165, 1.54) is 0 Å². The zero-order valence-electron chi connectivity index (χ0n) is 15.1. The Balaban J connectivity index is 2.04. The van der Waals surface area contributed by atoms with Crippen LogP contribution in [0.1, 0.15) is 29.8 Å². The number of carboxylic acids is 1. The Labute approximate surface area is 152 Å². The van der Waals surface area contributed by atoms with Crippen molar-refractivity contribution < 1.29 is 14.6 Å². The van der Waals surface area contributed by atoms with Gasteiger partial charge in [-0.2, -0.15) is 0 Å². The molecule has 0 saturated heterocycles. The first-order valence-electron chi connectivity index (χ1n) is 8.50. The molecule has 2 N–H and O–H groups in total. The average molecular weight is 350 g/mol. The van der Waals surface area contributed by atoms with Crippen LogP contribution >= 0.6 is 0 Å². The van der Waals surface area contributed by atoms with Crippen LogP contribution in [0.2, 0.25) is 0 Å². The minimum absolute atomic E-state index is 0.00124. The molecule has 0 saturated carbocycles. The summed E-state index contributed by atoms with van der Waals surface area (Å²) in [7, 11) is 1.64. The van der Waals surface area contributed by atoms with Crippen molar-refractivity contribution in [2.45, 2.75) is 26.3 Å². The van der Waals surface area contributed by atoms with Crippen molar-refractivity contribution in [1.29, 1.82) is 0 Å². The molecule has 26 heavy (non-hydrogen) atoms. The number of benzene rings is 2. The Morgan fingerprint density at radius 2 is 1.88 bits per heavy atom. The molecule has 3 aromatic rings. The van der Waals surface area contributed by atoms with Crippen molar-refractivity contribution in [3.63, 3.8) is 0 Å². The number of hydrogen-bond acceptors (Lipinski definition) is 4. The summed E-state index contributed by atoms with van der Waals surface area (Å²) in [4.78, 5) is 15.9. The third kappa shape index (κ3) is 3.61. The SMILES string of the molecule is COc1ccc(C(C)Nc2c(CC(=O)O)c(C)nc3ccccc23)cc1. The molecule has 0 fully saturated rings. The second kappa shape index (κ2) is 7.44. The Bertz CT molecular complexity index is 936. The Morgan fingerprint density at radius 3 is 2.54 bits per heavy atom. The van der Waals surface area contributed by atoms with Gasteiger partial charge in [0.1, 0.15) is 5.75 Å². The zero-order valence-corrected chi connectivity index (χ0v) is 15.1. The summed E-state index contributed by atoms with van der Waals surface area (Å²) in [6.07, 6.45) is -0.0681. The third-order valence-electron chi connectivity index (χ3n) is 4.50. The first-order chi connectivity index (χ1) is 12.5. The summed E-state index contributed by atoms with van der Waals surface area (Å²) < 4.78 is 5.21. The van der Waals surface area contributed by atoms with Crippen molar-refractivity contribution in [2.75, 3.05) is 12.4 Å². The standard InChI is InChI=1S/C21H22N2O3/c1-13(15-8-10-16(26-3)11-9-15)23-21-17-6-4-5-7-19(17)22-14(2)18(21)12-20(24)25/h4-11,13H,12H2,1-3H3,(H,22,23)(H,24,25). The van der Waals surface area contributed by atoms with Gasteiger partial charge < -0.3 is 15.2 Å². The summed E-state index contributed by atoms with van der Waals surface area (Å²) in [6, 6.07) is 15.6. The van der Waals surface area contributed by atoms with Crippen LogP contribution in [0.15, 0.2) is 48.5 Å². The quantitative estimate of drug-likeness (QED) is 0.691. The summed E-state index contributed by atoms with van der Waals surface area (Å²) in [5, 5.41) is 13.8. The number of methoxy groups -OCH3 is 1. The predicted molar refractivity (Wildman–Crippen MR) is 103 cm³/mol. The smallest absolute Gasteiger partial charge is 0.307 e. The van der Waals surface area contributed by atoms with Gasteiger partial charge in [0.2, 0.25) is 0 Å². The molecule has 0 bridgehead atoms. The maximum absolute atomic E-state index is 11.4. The van der Waals surface area contributed by atoms with Crippen LogP contribution in [-0.4, -0.2) is 23.2 Å². The number of nitrogens with one attached hydrogen (secondary N) is 1. The number of para-hydroxylation sites is 1. The Hall–Kier alpha value is -3.08. The fourth-order valence-corrected chi connectivity index (χ4v) is 3.10. The van der Waals surface area contributed by atoms with E-state index in [9.17, 15) is 9.90 Å². The van der Waals surface area contributed by atoms with Gasteiger partial charge in [0.15, 0.2) is 0 Å². The first kappa shape index (κ1) is 17.7. The van der Waals surface area contributed by atoms with E-state index in [-0.39, 0.29) is 12.5 Å². The van der Waals surface area contributed by atoms with Gasteiger partial charge >= 0.3 is 5.97 Å². The molecule has 0 amide bonds. The highest BCUT2D eigenvalue weighted by Crippen LogP contribution is 2.32. The molecule has 1 heterocycles. The molecular formula is C21H22N2O3. The first-order valence-corrected chi connectivity index (χ1v) is 8.50. The highest BCUT2D eigenvalue weighted by molar-refractivity contribution is 5.95. The predicted octanol–water partition coefficient (Wildman–Crippen LogP) is 4.35. The molecule has 0 aliphatic carbocycles. The molecule has 0 aliphatic rings. The van der Waals surface area contributed by atoms with Crippen LogP contribution in [0.4, 0.5) is 5.69 Å². The zero-order chi connectivity index (χ0) is 18.7. The number of pyridine rings is 1. The van der Waals surface area contributed by atoms with Crippen LogP contribution in [0, 0.1) is 6.92 Å². The van der Waals surface area contributed by atoms with Crippen LogP contribution in [-0.2, 0) is 11.2 Å². The number of aliphatic carboxylic acids is 1. The largest absolute Gasteiger partial charge is 0.497 e. The summed E-state index contributed by atoms with van der Waals surface area (Å²) in [6.45, 7) is 3.91. The minimum atomic E-state index is -0.870. The van der Waals surface area contributed by atoms with E-state index < -0.39 is 5.97 Å². The molecule has 1 aromatic heterocycles. The number of anilines is 1. The Kier molecular flexibility index (Phi) is 5.07. The Morgan fingerprint density at radius 1 is 1.19 bits per heavy atom. The maximum Gasteiger partial charge on any atom is 0.307 e. The second-order valence-corrected chi connectivity index (χ2v) is 6.28. The molecule has 0 spiro atoms. The lowest BCUT2D eigenvalue weighted by molar-refractivity contribution is -0.136. The number of carbonyl (C=O) groups is 1. The van der Waals surface area contributed by atoms with Crippen LogP contribution in [0.5, 0.6) is 5.75 Å². The fraction of sp³-hybridized carbons (Fsp3) is 0.238. The van der Waals surface area contributed by atoms with E-state index in [1.54, 1.807) is 7.11 Å². The van der Waals surface area contributed by atoms with E-state index in [1.807, 2.05) is 55.5 Å². The van der Waals surface area contributed by atoms with Gasteiger partial charge in [-0.25, -0.2) is 0 Å². The van der Waals surface area contributed by atoms with Gasteiger partial charge in [-0.3, -0.25) is 9.78 Å². The molecule has 1 unspecified atom stereocenters. The molecule has 5 nitrogen and oxygen atoms in total. The lowest BCUT2D eigenvalue weighted by atomic mass is 10.0. The van der Waals surface area contributed by atoms with Gasteiger partial charge in [-0.05, 0) is 37.6 Å². The monoisotopic (exact) mass is 350 g/mol. The van der Waals surface area contributed by atoms with Crippen molar-refractivity contribution in [1.82, 2.24) is 4.98 Å². The summed E-state index contributed by atoms with van der Waals surface area (Å²) in [5.41, 5.74) is 4.22. The molecule has 1 atom stereocenters. The lowest BCUT2D eigenvalue weighted by Crippen LogP contribution is -2.13. The number of nitrogens with zero attached hydrogens (tertiary/aromatic N) is 1. The molecule has 2 aromatic carbocycles. The summed E-state index contributed by atoms with van der Waals surface area (Å²) >= 11 is 0. The molecule has 5 heteroatoms. The summed E-state index contributed by atoms with van der Waals surface area (Å²) in [5.74, 6) is -0.0666. The van der Waals surface area contributed by atoms with Crippen molar-refractivity contribution in [3.05, 3.63) is 65.4 Å². The lowest BCUT2D eigenvalue weighted by Gasteiger charge is -2.21. The fourth-order valence-electron chi connectivity index (χ4n) is 3.10. The minimum Gasteiger partial charge on any atom is -0.497 e. The van der Waals surface area contributed by atoms with Crippen molar-refractivity contribution in [2.24, 2.45) is 0 Å². The van der Waals surface area contributed by atoms with E-state index in [2.05, 4.69) is 17.2 Å². The van der Waals surface area contributed by atoms with Gasteiger partial charge in [0.05, 0.1) is 19.0 Å². The van der Waals surface area contributed by atoms with Crippen LogP contribution in [0.3, 0.4) is 0 Å². The number of fused-ring (bicyclic) bond motifs is 1. The number of aromatic nitrogens is 1. The molecule has 134 valence electrons. The van der Waals surface area contributed by atoms with Gasteiger partial charge in [0, 0.05) is 28.4 Å². The van der Waals surface area contributed by atoms with E-state index in [4.69, 9.17) is 4.74 Å². The normalized spacial score (nSPS) is 12.0. The van der Waals surface area contributed by atoms with Crippen LogP contribution < -0.4 is 10.1 Å². The van der Waals surface area contributed by atoms with Crippen molar-refractivity contribution in [3.8, 4) is 5.75 Å². The molecule has 0 aliphatic heterocycles. The van der Waals surface area contributed by atoms with Crippen molar-refractivity contribution >= 4 is 22.6 Å². The average Bonchev–Trinajstić information content (AvgIpc) is 2.64. The number of aryl methyl sites for hydroxylation is 1. The third-order valence-corrected chi connectivity index (χ3v) is 4.50. The van der Waals surface area contributed by atoms with E-state index >= 15 is 0 Å². The molecule has 3 rings (SSSR count). The number of hydrogen-bond donors (Lipinski definition) is 2. The maximum atomic E-state index is 11.4. The van der Waals surface area contributed by atoms with Gasteiger partial charge in [-0.1, -0.05) is 30.3 Å². The molecule has 0 radical (unpaired) electrons. The van der Waals surface area contributed by atoms with E-state index in [0.717, 1.165) is 39.2 Å². The van der Waals surface area contributed by atoms with Crippen LogP contribution in [0.25, 0.3) is 10.9 Å². The topological polar surface area (TPSA) is 71.5 Å². The van der Waals surface area contributed by atoms with Gasteiger partial charge in [0.25, 0.3) is 0 Å². The highest BCUT2D eigenvalue weighted by atomic mass is 16.5.